The zero-order valence-corrected chi connectivity index (χ0v) is 15.2. The van der Waals surface area contributed by atoms with E-state index >= 15 is 0 Å². The van der Waals surface area contributed by atoms with E-state index in [1.165, 1.54) is 17.4 Å². The molecule has 3 heterocycles. The van der Waals surface area contributed by atoms with Crippen molar-refractivity contribution in [2.45, 2.75) is 24.7 Å². The molecule has 0 atom stereocenters. The number of pyridine rings is 1. The zero-order valence-electron chi connectivity index (χ0n) is 14.4. The van der Waals surface area contributed by atoms with Crippen LogP contribution in [-0.2, 0) is 5.41 Å². The van der Waals surface area contributed by atoms with E-state index in [2.05, 4.69) is 25.3 Å². The van der Waals surface area contributed by atoms with E-state index in [9.17, 15) is 9.18 Å². The number of anilines is 1. The molecule has 1 fully saturated rings. The Morgan fingerprint density at radius 1 is 1.30 bits per heavy atom. The minimum Gasteiger partial charge on any atom is -0.364 e. The van der Waals surface area contributed by atoms with E-state index in [4.69, 9.17) is 5.73 Å². The van der Waals surface area contributed by atoms with E-state index in [-0.39, 0.29) is 16.9 Å². The largest absolute Gasteiger partial charge is 0.364 e. The highest BCUT2D eigenvalue weighted by Crippen LogP contribution is 2.43. The number of nitrogens with one attached hydrogen (secondary N) is 1. The summed E-state index contributed by atoms with van der Waals surface area (Å²) in [6.07, 6.45) is 7.69. The summed E-state index contributed by atoms with van der Waals surface area (Å²) in [4.78, 5) is 28.2. The number of aromatic nitrogens is 4. The summed E-state index contributed by atoms with van der Waals surface area (Å²) in [5.74, 6) is -0.387. The number of nitrogens with zero attached hydrogens (tertiary/aromatic N) is 4. The molecule has 1 aliphatic rings. The highest BCUT2D eigenvalue weighted by atomic mass is 32.1. The van der Waals surface area contributed by atoms with Crippen LogP contribution >= 0.6 is 11.3 Å². The third kappa shape index (κ3) is 3.37. The molecular formula is C18H17FN6OS. The standard InChI is InChI=1S/C18H17FN6OS/c19-12-3-1-6-21-14(12)18(4-2-5-18)10-24-17-22-7-11(8-23-17)16-25-13(9-27-16)15(20)26/h1,3,6-9H,2,4-5,10H2,(H2,20,26)(H,22,23,24). The number of thiazole rings is 1. The molecule has 3 aromatic rings. The Labute approximate surface area is 158 Å². The summed E-state index contributed by atoms with van der Waals surface area (Å²) in [7, 11) is 0. The average Bonchev–Trinajstić information content (AvgIpc) is 3.13. The third-order valence-electron chi connectivity index (χ3n) is 4.81. The summed E-state index contributed by atoms with van der Waals surface area (Å²) in [6.45, 7) is 0.517. The Kier molecular flexibility index (Phi) is 4.53. The number of hydrogen-bond acceptors (Lipinski definition) is 7. The van der Waals surface area contributed by atoms with E-state index < -0.39 is 5.91 Å². The molecule has 0 aromatic carbocycles. The normalized spacial score (nSPS) is 15.1. The van der Waals surface area contributed by atoms with Gasteiger partial charge in [0.15, 0.2) is 0 Å². The van der Waals surface area contributed by atoms with Gasteiger partial charge in [-0.15, -0.1) is 11.3 Å². The molecule has 0 radical (unpaired) electrons. The lowest BCUT2D eigenvalue weighted by Crippen LogP contribution is -2.42. The number of hydrogen-bond donors (Lipinski definition) is 2. The second-order valence-electron chi connectivity index (χ2n) is 6.52. The highest BCUT2D eigenvalue weighted by Gasteiger charge is 2.41. The van der Waals surface area contributed by atoms with Gasteiger partial charge < -0.3 is 11.1 Å². The van der Waals surface area contributed by atoms with Crippen molar-refractivity contribution in [3.05, 3.63) is 53.3 Å². The summed E-state index contributed by atoms with van der Waals surface area (Å²) in [5.41, 5.74) is 6.33. The molecule has 3 N–H and O–H groups in total. The Morgan fingerprint density at radius 2 is 2.07 bits per heavy atom. The van der Waals surface area contributed by atoms with Crippen LogP contribution in [0.1, 0.15) is 35.4 Å². The summed E-state index contributed by atoms with van der Waals surface area (Å²) in [5, 5.41) is 5.42. The molecule has 138 valence electrons. The lowest BCUT2D eigenvalue weighted by atomic mass is 9.66. The Morgan fingerprint density at radius 3 is 2.67 bits per heavy atom. The van der Waals surface area contributed by atoms with E-state index in [1.54, 1.807) is 30.0 Å². The minimum absolute atomic E-state index is 0.224. The van der Waals surface area contributed by atoms with Crippen molar-refractivity contribution in [3.63, 3.8) is 0 Å². The highest BCUT2D eigenvalue weighted by molar-refractivity contribution is 7.13. The van der Waals surface area contributed by atoms with Gasteiger partial charge in [0, 0.05) is 41.5 Å². The van der Waals surface area contributed by atoms with Crippen LogP contribution in [0.5, 0.6) is 0 Å². The lowest BCUT2D eigenvalue weighted by Gasteiger charge is -2.41. The first-order valence-electron chi connectivity index (χ1n) is 8.50. The van der Waals surface area contributed by atoms with Crippen molar-refractivity contribution in [3.8, 4) is 10.6 Å². The Bertz CT molecular complexity index is 970. The van der Waals surface area contributed by atoms with Crippen molar-refractivity contribution in [2.24, 2.45) is 5.73 Å². The van der Waals surface area contributed by atoms with Gasteiger partial charge in [0.25, 0.3) is 5.91 Å². The van der Waals surface area contributed by atoms with Crippen molar-refractivity contribution < 1.29 is 9.18 Å². The molecule has 0 bridgehead atoms. The number of halogens is 1. The molecule has 1 aliphatic carbocycles. The van der Waals surface area contributed by atoms with Gasteiger partial charge in [-0.3, -0.25) is 9.78 Å². The van der Waals surface area contributed by atoms with Gasteiger partial charge in [0.05, 0.1) is 5.69 Å². The van der Waals surface area contributed by atoms with Gasteiger partial charge in [-0.2, -0.15) is 0 Å². The molecule has 0 saturated heterocycles. The fourth-order valence-electron chi connectivity index (χ4n) is 3.17. The number of nitrogens with two attached hydrogens (primary N) is 1. The predicted molar refractivity (Wildman–Crippen MR) is 99.9 cm³/mol. The van der Waals surface area contributed by atoms with Crippen molar-refractivity contribution in [1.82, 2.24) is 19.9 Å². The number of primary amides is 1. The first-order valence-corrected chi connectivity index (χ1v) is 9.38. The molecule has 7 nitrogen and oxygen atoms in total. The SMILES string of the molecule is NC(=O)c1csc(-c2cnc(NCC3(c4ncccc4F)CCC3)nc2)n1. The van der Waals surface area contributed by atoms with Crippen LogP contribution in [0.2, 0.25) is 0 Å². The summed E-state index contributed by atoms with van der Waals surface area (Å²) >= 11 is 1.30. The monoisotopic (exact) mass is 384 g/mol. The maximum absolute atomic E-state index is 14.2. The van der Waals surface area contributed by atoms with Crippen molar-refractivity contribution in [1.29, 1.82) is 0 Å². The van der Waals surface area contributed by atoms with Crippen LogP contribution in [0.25, 0.3) is 10.6 Å². The van der Waals surface area contributed by atoms with Gasteiger partial charge in [-0.1, -0.05) is 6.42 Å². The summed E-state index contributed by atoms with van der Waals surface area (Å²) < 4.78 is 14.2. The molecule has 3 aromatic heterocycles. The van der Waals surface area contributed by atoms with Gasteiger partial charge in [-0.05, 0) is 25.0 Å². The van der Waals surface area contributed by atoms with Crippen LogP contribution < -0.4 is 11.1 Å². The van der Waals surface area contributed by atoms with Gasteiger partial charge in [0.1, 0.15) is 16.5 Å². The molecule has 0 unspecified atom stereocenters. The Balaban J connectivity index is 1.47. The second kappa shape index (κ2) is 6.99. The van der Waals surface area contributed by atoms with E-state index in [1.807, 2.05) is 0 Å². The maximum atomic E-state index is 14.2. The molecule has 4 rings (SSSR count). The predicted octanol–water partition coefficient (Wildman–Crippen LogP) is 2.77. The molecule has 27 heavy (non-hydrogen) atoms. The zero-order chi connectivity index (χ0) is 18.9. The molecule has 1 amide bonds. The van der Waals surface area contributed by atoms with E-state index in [0.29, 0.717) is 28.8 Å². The quantitative estimate of drug-likeness (QED) is 0.677. The maximum Gasteiger partial charge on any atom is 0.268 e. The van der Waals surface area contributed by atoms with Crippen LogP contribution in [0, 0.1) is 5.82 Å². The van der Waals surface area contributed by atoms with Gasteiger partial charge in [0.2, 0.25) is 5.95 Å². The lowest BCUT2D eigenvalue weighted by molar-refractivity contribution is 0.0996. The molecule has 1 saturated carbocycles. The topological polar surface area (TPSA) is 107 Å². The van der Waals surface area contributed by atoms with Crippen LogP contribution in [0.3, 0.4) is 0 Å². The molecule has 0 spiro atoms. The van der Waals surface area contributed by atoms with Crippen LogP contribution in [0.15, 0.2) is 36.1 Å². The van der Waals surface area contributed by atoms with Gasteiger partial charge in [-0.25, -0.2) is 19.3 Å². The second-order valence-corrected chi connectivity index (χ2v) is 7.38. The molecule has 9 heteroatoms. The Hall–Kier alpha value is -2.94. The first-order chi connectivity index (χ1) is 13.1. The number of rotatable bonds is 6. The smallest absolute Gasteiger partial charge is 0.268 e. The number of carbonyl (C=O) groups excluding carboxylic acids is 1. The molecule has 0 aliphatic heterocycles. The van der Waals surface area contributed by atoms with Gasteiger partial charge >= 0.3 is 0 Å². The number of carbonyl (C=O) groups is 1. The van der Waals surface area contributed by atoms with E-state index in [0.717, 1.165) is 19.3 Å². The minimum atomic E-state index is -0.566. The fourth-order valence-corrected chi connectivity index (χ4v) is 3.96. The number of amides is 1. The fraction of sp³-hybridized carbons (Fsp3) is 0.278. The van der Waals surface area contributed by atoms with Crippen LogP contribution in [0.4, 0.5) is 10.3 Å². The van der Waals surface area contributed by atoms with Crippen LogP contribution in [-0.4, -0.2) is 32.4 Å². The average molecular weight is 384 g/mol. The first kappa shape index (κ1) is 17.5. The summed E-state index contributed by atoms with van der Waals surface area (Å²) in [6, 6.07) is 3.05. The third-order valence-corrected chi connectivity index (χ3v) is 5.70. The van der Waals surface area contributed by atoms with Crippen molar-refractivity contribution >= 4 is 23.2 Å². The molecular weight excluding hydrogens is 367 g/mol. The van der Waals surface area contributed by atoms with Crippen molar-refractivity contribution in [2.75, 3.05) is 11.9 Å².